The van der Waals surface area contributed by atoms with Crippen molar-refractivity contribution < 1.29 is 19.1 Å². The molecule has 0 fully saturated rings. The molecule has 2 aromatic rings. The van der Waals surface area contributed by atoms with Crippen molar-refractivity contribution in [3.05, 3.63) is 59.2 Å². The number of carbonyl (C=O) groups excluding carboxylic acids is 2. The van der Waals surface area contributed by atoms with Crippen LogP contribution in [-0.2, 0) is 9.53 Å². The smallest absolute Gasteiger partial charge is 0.337 e. The van der Waals surface area contributed by atoms with E-state index in [9.17, 15) is 9.59 Å². The molecule has 0 radical (unpaired) electrons. The fourth-order valence-corrected chi connectivity index (χ4v) is 2.14. The fourth-order valence-electron chi connectivity index (χ4n) is 2.14. The molecule has 6 nitrogen and oxygen atoms in total. The molecule has 0 aliphatic rings. The number of rotatable bonds is 5. The van der Waals surface area contributed by atoms with Gasteiger partial charge in [0.15, 0.2) is 6.10 Å². The van der Waals surface area contributed by atoms with Crippen LogP contribution in [0.2, 0.25) is 0 Å². The zero-order chi connectivity index (χ0) is 18.4. The van der Waals surface area contributed by atoms with Gasteiger partial charge in [0.1, 0.15) is 11.8 Å². The Bertz CT molecular complexity index is 840. The number of hydrogen-bond donors (Lipinski definition) is 1. The van der Waals surface area contributed by atoms with Crippen LogP contribution in [0.5, 0.6) is 5.75 Å². The summed E-state index contributed by atoms with van der Waals surface area (Å²) in [5.41, 5.74) is 1.99. The number of nitrogens with one attached hydrogen (secondary N) is 1. The van der Waals surface area contributed by atoms with E-state index < -0.39 is 18.0 Å². The molecule has 0 heterocycles. The van der Waals surface area contributed by atoms with E-state index in [1.807, 2.05) is 13.0 Å². The summed E-state index contributed by atoms with van der Waals surface area (Å²) >= 11 is 0. The predicted octanol–water partition coefficient (Wildman–Crippen LogP) is 3.06. The molecule has 2 aromatic carbocycles. The quantitative estimate of drug-likeness (QED) is 0.847. The number of benzene rings is 2. The molecule has 0 saturated carbocycles. The summed E-state index contributed by atoms with van der Waals surface area (Å²) in [6, 6.07) is 13.6. The molecular weight excluding hydrogens is 320 g/mol. The van der Waals surface area contributed by atoms with E-state index in [1.54, 1.807) is 49.4 Å². The molecule has 1 N–H and O–H groups in total. The van der Waals surface area contributed by atoms with Gasteiger partial charge in [0.2, 0.25) is 0 Å². The van der Waals surface area contributed by atoms with Crippen LogP contribution in [0.4, 0.5) is 5.69 Å². The molecule has 0 saturated heterocycles. The average Bonchev–Trinajstić information content (AvgIpc) is 2.63. The van der Waals surface area contributed by atoms with Crippen LogP contribution < -0.4 is 10.1 Å². The minimum atomic E-state index is -0.823. The number of amides is 1. The number of esters is 1. The lowest BCUT2D eigenvalue weighted by Gasteiger charge is -2.16. The highest BCUT2D eigenvalue weighted by atomic mass is 16.5. The summed E-state index contributed by atoms with van der Waals surface area (Å²) in [7, 11) is 1.29. The first kappa shape index (κ1) is 18.0. The van der Waals surface area contributed by atoms with Crippen LogP contribution in [-0.4, -0.2) is 25.1 Å². The van der Waals surface area contributed by atoms with Gasteiger partial charge in [-0.15, -0.1) is 0 Å². The highest BCUT2D eigenvalue weighted by Gasteiger charge is 2.18. The lowest BCUT2D eigenvalue weighted by molar-refractivity contribution is -0.122. The van der Waals surface area contributed by atoms with Gasteiger partial charge in [0, 0.05) is 5.69 Å². The Hall–Kier alpha value is -3.33. The summed E-state index contributed by atoms with van der Waals surface area (Å²) in [4.78, 5) is 24.0. The molecule has 25 heavy (non-hydrogen) atoms. The Kier molecular flexibility index (Phi) is 5.75. The molecule has 0 aliphatic heterocycles. The Labute approximate surface area is 146 Å². The first-order chi connectivity index (χ1) is 12.0. The second-order valence-electron chi connectivity index (χ2n) is 5.38. The Morgan fingerprint density at radius 3 is 2.60 bits per heavy atom. The van der Waals surface area contributed by atoms with Crippen molar-refractivity contribution in [2.45, 2.75) is 20.0 Å². The summed E-state index contributed by atoms with van der Waals surface area (Å²) < 4.78 is 10.3. The minimum absolute atomic E-state index is 0.340. The van der Waals surface area contributed by atoms with Gasteiger partial charge in [-0.05, 0) is 43.7 Å². The molecule has 2 rings (SSSR count). The molecule has 6 heteroatoms. The lowest BCUT2D eigenvalue weighted by atomic mass is 10.1. The molecule has 0 aromatic heterocycles. The average molecular weight is 338 g/mol. The Morgan fingerprint density at radius 1 is 1.20 bits per heavy atom. The van der Waals surface area contributed by atoms with Crippen LogP contribution in [0.25, 0.3) is 0 Å². The second-order valence-corrected chi connectivity index (χ2v) is 5.38. The van der Waals surface area contributed by atoms with Gasteiger partial charge in [-0.25, -0.2) is 4.79 Å². The zero-order valence-corrected chi connectivity index (χ0v) is 14.2. The molecular formula is C19H18N2O4. The maximum atomic E-state index is 12.4. The Balaban J connectivity index is 2.14. The molecule has 0 bridgehead atoms. The number of methoxy groups -OCH3 is 1. The van der Waals surface area contributed by atoms with Gasteiger partial charge in [-0.1, -0.05) is 18.2 Å². The standard InChI is InChI=1S/C19H18N2O4/c1-12-8-9-14(19(23)24-3)10-16(12)21-18(22)13(2)25-17-7-5-4-6-15(17)11-20/h4-10,13H,1-3H3,(H,21,22). The highest BCUT2D eigenvalue weighted by Crippen LogP contribution is 2.20. The van der Waals surface area contributed by atoms with Gasteiger partial charge in [-0.3, -0.25) is 4.79 Å². The SMILES string of the molecule is COC(=O)c1ccc(C)c(NC(=O)C(C)Oc2ccccc2C#N)c1. The monoisotopic (exact) mass is 338 g/mol. The van der Waals surface area contributed by atoms with Crippen LogP contribution >= 0.6 is 0 Å². The zero-order valence-electron chi connectivity index (χ0n) is 14.2. The van der Waals surface area contributed by atoms with Gasteiger partial charge < -0.3 is 14.8 Å². The van der Waals surface area contributed by atoms with Crippen LogP contribution in [0.3, 0.4) is 0 Å². The van der Waals surface area contributed by atoms with Crippen LogP contribution in [0.15, 0.2) is 42.5 Å². The number of nitriles is 1. The lowest BCUT2D eigenvalue weighted by Crippen LogP contribution is -2.30. The minimum Gasteiger partial charge on any atom is -0.480 e. The number of para-hydroxylation sites is 1. The van der Waals surface area contributed by atoms with E-state index in [0.717, 1.165) is 5.56 Å². The maximum absolute atomic E-state index is 12.4. The Morgan fingerprint density at radius 2 is 1.92 bits per heavy atom. The topological polar surface area (TPSA) is 88.4 Å². The predicted molar refractivity (Wildman–Crippen MR) is 92.4 cm³/mol. The maximum Gasteiger partial charge on any atom is 0.337 e. The molecule has 1 atom stereocenters. The van der Waals surface area contributed by atoms with Crippen molar-refractivity contribution in [3.63, 3.8) is 0 Å². The number of nitrogens with zero attached hydrogens (tertiary/aromatic N) is 1. The molecule has 1 unspecified atom stereocenters. The fraction of sp³-hybridized carbons (Fsp3) is 0.211. The van der Waals surface area contributed by atoms with E-state index in [2.05, 4.69) is 10.1 Å². The van der Waals surface area contributed by atoms with Crippen LogP contribution in [0.1, 0.15) is 28.4 Å². The van der Waals surface area contributed by atoms with E-state index >= 15 is 0 Å². The van der Waals surface area contributed by atoms with Gasteiger partial charge in [0.05, 0.1) is 18.2 Å². The number of ether oxygens (including phenoxy) is 2. The van der Waals surface area contributed by atoms with E-state index in [4.69, 9.17) is 10.00 Å². The van der Waals surface area contributed by atoms with Crippen molar-refractivity contribution in [1.29, 1.82) is 5.26 Å². The van der Waals surface area contributed by atoms with E-state index in [1.165, 1.54) is 7.11 Å². The first-order valence-electron chi connectivity index (χ1n) is 7.62. The molecule has 128 valence electrons. The summed E-state index contributed by atoms with van der Waals surface area (Å²) in [5, 5.41) is 11.8. The van der Waals surface area contributed by atoms with Crippen molar-refractivity contribution in [2.75, 3.05) is 12.4 Å². The van der Waals surface area contributed by atoms with Crippen molar-refractivity contribution in [3.8, 4) is 11.8 Å². The van der Waals surface area contributed by atoms with Crippen molar-refractivity contribution >= 4 is 17.6 Å². The van der Waals surface area contributed by atoms with Gasteiger partial charge in [-0.2, -0.15) is 5.26 Å². The third kappa shape index (κ3) is 4.36. The number of hydrogen-bond acceptors (Lipinski definition) is 5. The summed E-state index contributed by atoms with van der Waals surface area (Å²) in [5.74, 6) is -0.534. The normalized spacial score (nSPS) is 11.1. The van der Waals surface area contributed by atoms with Crippen LogP contribution in [0, 0.1) is 18.3 Å². The third-order valence-electron chi connectivity index (χ3n) is 3.60. The molecule has 0 aliphatic carbocycles. The van der Waals surface area contributed by atoms with E-state index in [-0.39, 0.29) is 0 Å². The molecule has 0 spiro atoms. The third-order valence-corrected chi connectivity index (χ3v) is 3.60. The largest absolute Gasteiger partial charge is 0.480 e. The van der Waals surface area contributed by atoms with E-state index in [0.29, 0.717) is 22.6 Å². The second kappa shape index (κ2) is 7.97. The molecule has 1 amide bonds. The van der Waals surface area contributed by atoms with Gasteiger partial charge in [0.25, 0.3) is 5.91 Å². The highest BCUT2D eigenvalue weighted by molar-refractivity contribution is 5.97. The summed E-state index contributed by atoms with van der Waals surface area (Å²) in [6.45, 7) is 3.40. The van der Waals surface area contributed by atoms with Gasteiger partial charge >= 0.3 is 5.97 Å². The first-order valence-corrected chi connectivity index (χ1v) is 7.62. The number of aryl methyl sites for hydroxylation is 1. The van der Waals surface area contributed by atoms with Crippen molar-refractivity contribution in [2.24, 2.45) is 0 Å². The number of carbonyl (C=O) groups is 2. The number of anilines is 1. The summed E-state index contributed by atoms with van der Waals surface area (Å²) in [6.07, 6.45) is -0.823. The van der Waals surface area contributed by atoms with Crippen molar-refractivity contribution in [1.82, 2.24) is 0 Å².